The van der Waals surface area contributed by atoms with Crippen molar-refractivity contribution in [2.45, 2.75) is 10.9 Å². The van der Waals surface area contributed by atoms with Crippen molar-refractivity contribution >= 4 is 27.5 Å². The van der Waals surface area contributed by atoms with Crippen LogP contribution in [0.2, 0.25) is 0 Å². The van der Waals surface area contributed by atoms with E-state index in [9.17, 15) is 23.1 Å². The largest absolute Gasteiger partial charge is 0.507 e. The molecule has 2 aromatic rings. The van der Waals surface area contributed by atoms with Gasteiger partial charge in [-0.15, -0.1) is 0 Å². The van der Waals surface area contributed by atoms with Crippen molar-refractivity contribution < 1.29 is 23.1 Å². The van der Waals surface area contributed by atoms with Crippen molar-refractivity contribution in [3.05, 3.63) is 71.3 Å². The Morgan fingerprint density at radius 1 is 0.969 bits per heavy atom. The van der Waals surface area contributed by atoms with Crippen LogP contribution in [0.25, 0.3) is 5.76 Å². The number of sulfonamides is 1. The molecule has 8 nitrogen and oxygen atoms in total. The molecule has 3 rings (SSSR count). The topological polar surface area (TPSA) is 98.2 Å². The molecule has 1 heterocycles. The Hall–Kier alpha value is -3.01. The van der Waals surface area contributed by atoms with Gasteiger partial charge in [0, 0.05) is 32.7 Å². The van der Waals surface area contributed by atoms with E-state index in [1.807, 2.05) is 37.2 Å². The highest BCUT2D eigenvalue weighted by atomic mass is 32.2. The normalized spacial score (nSPS) is 18.7. The molecule has 1 fully saturated rings. The van der Waals surface area contributed by atoms with Gasteiger partial charge in [-0.2, -0.15) is 0 Å². The highest BCUT2D eigenvalue weighted by Crippen LogP contribution is 2.39. The van der Waals surface area contributed by atoms with Crippen LogP contribution < -0.4 is 0 Å². The molecule has 170 valence electrons. The van der Waals surface area contributed by atoms with E-state index in [2.05, 4.69) is 0 Å². The number of hydrogen-bond acceptors (Lipinski definition) is 6. The summed E-state index contributed by atoms with van der Waals surface area (Å²) >= 11 is 0. The summed E-state index contributed by atoms with van der Waals surface area (Å²) in [5.41, 5.74) is 0.955. The zero-order valence-corrected chi connectivity index (χ0v) is 19.3. The van der Waals surface area contributed by atoms with Crippen molar-refractivity contribution in [2.75, 3.05) is 41.3 Å². The van der Waals surface area contributed by atoms with Crippen LogP contribution in [0.4, 0.5) is 0 Å². The minimum atomic E-state index is -3.63. The van der Waals surface area contributed by atoms with E-state index < -0.39 is 27.8 Å². The van der Waals surface area contributed by atoms with Crippen LogP contribution in [-0.2, 0) is 19.6 Å². The lowest BCUT2D eigenvalue weighted by Gasteiger charge is -2.26. The Kier molecular flexibility index (Phi) is 6.82. The minimum Gasteiger partial charge on any atom is -0.507 e. The third kappa shape index (κ3) is 4.45. The van der Waals surface area contributed by atoms with Crippen molar-refractivity contribution in [3.8, 4) is 0 Å². The third-order valence-electron chi connectivity index (χ3n) is 5.35. The second-order valence-corrected chi connectivity index (χ2v) is 10.2. The molecule has 1 N–H and O–H groups in total. The summed E-state index contributed by atoms with van der Waals surface area (Å²) < 4.78 is 25.7. The molecule has 2 aromatic carbocycles. The van der Waals surface area contributed by atoms with E-state index in [0.29, 0.717) is 18.7 Å². The molecule has 1 atom stereocenters. The van der Waals surface area contributed by atoms with Gasteiger partial charge >= 0.3 is 0 Å². The summed E-state index contributed by atoms with van der Waals surface area (Å²) in [7, 11) is 2.97. The van der Waals surface area contributed by atoms with E-state index in [1.165, 1.54) is 43.3 Å². The third-order valence-corrected chi connectivity index (χ3v) is 7.18. The number of Topliss-reactive ketones (excluding diaryl/α,β-unsaturated/α-hetero) is 1. The number of hydrogen-bond donors (Lipinski definition) is 1. The van der Waals surface area contributed by atoms with E-state index in [-0.39, 0.29) is 21.8 Å². The lowest BCUT2D eigenvalue weighted by molar-refractivity contribution is -0.140. The molecule has 0 radical (unpaired) electrons. The number of aliphatic hydroxyl groups excluding tert-OH is 1. The number of likely N-dealkylation sites (N-methyl/N-ethyl adjacent to an activating group) is 1. The van der Waals surface area contributed by atoms with Gasteiger partial charge in [-0.1, -0.05) is 30.3 Å². The average molecular weight is 458 g/mol. The molecular weight excluding hydrogens is 430 g/mol. The number of carbonyl (C=O) groups is 2. The molecule has 0 aliphatic carbocycles. The molecule has 1 aliphatic heterocycles. The Morgan fingerprint density at radius 2 is 1.56 bits per heavy atom. The first-order chi connectivity index (χ1) is 15.1. The predicted molar refractivity (Wildman–Crippen MR) is 121 cm³/mol. The molecular formula is C23H27N3O5S. The number of aliphatic hydroxyl groups is 1. The van der Waals surface area contributed by atoms with Crippen LogP contribution in [0.15, 0.2) is 65.1 Å². The van der Waals surface area contributed by atoms with Crippen molar-refractivity contribution in [2.24, 2.45) is 0 Å². The van der Waals surface area contributed by atoms with Gasteiger partial charge in [0.1, 0.15) is 5.76 Å². The fraction of sp³-hybridized carbons (Fsp3) is 0.304. The number of nitrogens with zero attached hydrogens (tertiary/aromatic N) is 3. The highest BCUT2D eigenvalue weighted by Gasteiger charge is 2.45. The fourth-order valence-corrected chi connectivity index (χ4v) is 4.45. The molecule has 1 saturated heterocycles. The number of rotatable bonds is 7. The molecule has 1 aliphatic rings. The van der Waals surface area contributed by atoms with Crippen molar-refractivity contribution in [1.29, 1.82) is 0 Å². The monoisotopic (exact) mass is 457 g/mol. The van der Waals surface area contributed by atoms with Gasteiger partial charge < -0.3 is 14.9 Å². The Balaban J connectivity index is 2.10. The Labute approximate surface area is 188 Å². The Bertz CT molecular complexity index is 1140. The lowest BCUT2D eigenvalue weighted by Crippen LogP contribution is -2.35. The summed E-state index contributed by atoms with van der Waals surface area (Å²) in [4.78, 5) is 29.2. The smallest absolute Gasteiger partial charge is 0.295 e. The minimum absolute atomic E-state index is 0.0110. The first-order valence-corrected chi connectivity index (χ1v) is 11.5. The molecule has 0 bridgehead atoms. The second kappa shape index (κ2) is 9.23. The summed E-state index contributed by atoms with van der Waals surface area (Å²) in [6, 6.07) is 13.9. The SMILES string of the molecule is CN(C)CCN1C(=O)C(=O)/C(=C(/O)c2ccc(S(=O)(=O)N(C)C)cc2)[C@@H]1c1ccccc1. The maximum absolute atomic E-state index is 12.9. The summed E-state index contributed by atoms with van der Waals surface area (Å²) in [5, 5.41) is 11.0. The quantitative estimate of drug-likeness (QED) is 0.388. The van der Waals surface area contributed by atoms with E-state index >= 15 is 0 Å². The van der Waals surface area contributed by atoms with Crippen LogP contribution in [0.5, 0.6) is 0 Å². The summed E-state index contributed by atoms with van der Waals surface area (Å²) in [5.74, 6) is -1.77. The van der Waals surface area contributed by atoms with E-state index in [0.717, 1.165) is 4.31 Å². The number of carbonyl (C=O) groups excluding carboxylic acids is 2. The average Bonchev–Trinajstić information content (AvgIpc) is 3.02. The summed E-state index contributed by atoms with van der Waals surface area (Å²) in [6.07, 6.45) is 0. The zero-order valence-electron chi connectivity index (χ0n) is 18.5. The second-order valence-electron chi connectivity index (χ2n) is 8.02. The van der Waals surface area contributed by atoms with Crippen LogP contribution in [0.3, 0.4) is 0 Å². The highest BCUT2D eigenvalue weighted by molar-refractivity contribution is 7.89. The number of ketones is 1. The van der Waals surface area contributed by atoms with Gasteiger partial charge in [0.2, 0.25) is 10.0 Å². The first-order valence-electron chi connectivity index (χ1n) is 10.1. The molecule has 32 heavy (non-hydrogen) atoms. The van der Waals surface area contributed by atoms with E-state index in [4.69, 9.17) is 0 Å². The molecule has 1 amide bonds. The number of amides is 1. The molecule has 0 unspecified atom stereocenters. The number of benzene rings is 2. The number of likely N-dealkylation sites (tertiary alicyclic amines) is 1. The standard InChI is InChI=1S/C23H27N3O5S/c1-24(2)14-15-26-20(16-8-6-5-7-9-16)19(22(28)23(26)29)21(27)17-10-12-18(13-11-17)32(30,31)25(3)4/h5-13,20,27H,14-15H2,1-4H3/b21-19+/t20-/m0/s1. The van der Waals surface area contributed by atoms with Gasteiger partial charge in [-0.25, -0.2) is 12.7 Å². The first kappa shape index (κ1) is 23.6. The van der Waals surface area contributed by atoms with Gasteiger partial charge in [-0.05, 0) is 43.9 Å². The molecule has 9 heteroatoms. The van der Waals surface area contributed by atoms with Gasteiger partial charge in [0.05, 0.1) is 16.5 Å². The van der Waals surface area contributed by atoms with Crippen molar-refractivity contribution in [3.63, 3.8) is 0 Å². The molecule has 0 spiro atoms. The fourth-order valence-electron chi connectivity index (χ4n) is 3.55. The maximum Gasteiger partial charge on any atom is 0.295 e. The lowest BCUT2D eigenvalue weighted by atomic mass is 9.95. The molecule has 0 aromatic heterocycles. The zero-order chi connectivity index (χ0) is 23.6. The predicted octanol–water partition coefficient (Wildman–Crippen LogP) is 1.92. The van der Waals surface area contributed by atoms with Crippen LogP contribution in [0.1, 0.15) is 17.2 Å². The molecule has 0 saturated carbocycles. The van der Waals surface area contributed by atoms with Crippen LogP contribution in [-0.4, -0.2) is 80.6 Å². The summed E-state index contributed by atoms with van der Waals surface area (Å²) in [6.45, 7) is 0.863. The van der Waals surface area contributed by atoms with Gasteiger partial charge in [0.25, 0.3) is 11.7 Å². The van der Waals surface area contributed by atoms with Crippen LogP contribution in [0, 0.1) is 0 Å². The van der Waals surface area contributed by atoms with E-state index in [1.54, 1.807) is 12.1 Å². The maximum atomic E-state index is 12.9. The van der Waals surface area contributed by atoms with Crippen molar-refractivity contribution in [1.82, 2.24) is 14.1 Å². The van der Waals surface area contributed by atoms with Gasteiger partial charge in [0.15, 0.2) is 0 Å². The van der Waals surface area contributed by atoms with Crippen LogP contribution >= 0.6 is 0 Å². The van der Waals surface area contributed by atoms with Gasteiger partial charge in [-0.3, -0.25) is 9.59 Å². The Morgan fingerprint density at radius 3 is 2.09 bits per heavy atom.